The van der Waals surface area contributed by atoms with E-state index in [1.807, 2.05) is 31.2 Å². The largest absolute Gasteiger partial charge is 0.335 e. The van der Waals surface area contributed by atoms with Gasteiger partial charge in [-0.2, -0.15) is 0 Å². The fourth-order valence-corrected chi connectivity index (χ4v) is 3.71. The third kappa shape index (κ3) is 4.34. The quantitative estimate of drug-likeness (QED) is 0.484. The Morgan fingerprint density at radius 1 is 0.906 bits per heavy atom. The summed E-state index contributed by atoms with van der Waals surface area (Å²) in [6.07, 6.45) is 2.02. The second-order valence-electron chi connectivity index (χ2n) is 7.80. The van der Waals surface area contributed by atoms with Crippen LogP contribution < -0.4 is 10.2 Å². The summed E-state index contributed by atoms with van der Waals surface area (Å²) in [7, 11) is 0. The molecule has 1 saturated heterocycles. The van der Waals surface area contributed by atoms with Gasteiger partial charge in [0.25, 0.3) is 11.8 Å². The molecule has 32 heavy (non-hydrogen) atoms. The number of hydrogen-bond donors (Lipinski definition) is 1. The molecule has 0 aromatic heterocycles. The highest BCUT2D eigenvalue weighted by molar-refractivity contribution is 6.39. The van der Waals surface area contributed by atoms with Gasteiger partial charge in [0.2, 0.25) is 0 Å². The Kier molecular flexibility index (Phi) is 5.69. The van der Waals surface area contributed by atoms with E-state index in [1.165, 1.54) is 18.2 Å². The molecule has 1 fully saturated rings. The maximum absolute atomic E-state index is 13.4. The second-order valence-corrected chi connectivity index (χ2v) is 7.80. The number of aryl methyl sites for hydroxylation is 2. The Balaban J connectivity index is 1.60. The standard InChI is InChI=1S/C26H21FN2O3/c1-16-6-11-23(17(2)12-16)29-25(31)22(24(30)28-26(29)32)15-19-9-7-18(8-10-19)13-20-4-3-5-21(27)14-20/h3-12,14-15H,13H2,1-2H3,(H,28,30,32)/b22-15+. The van der Waals surface area contributed by atoms with Crippen molar-refractivity contribution in [2.24, 2.45) is 0 Å². The predicted molar refractivity (Wildman–Crippen MR) is 121 cm³/mol. The number of barbiturate groups is 1. The van der Waals surface area contributed by atoms with Crippen molar-refractivity contribution in [2.75, 3.05) is 4.90 Å². The summed E-state index contributed by atoms with van der Waals surface area (Å²) in [6.45, 7) is 3.72. The molecule has 3 aromatic carbocycles. The number of benzene rings is 3. The number of nitrogens with one attached hydrogen (secondary N) is 1. The Morgan fingerprint density at radius 3 is 2.34 bits per heavy atom. The van der Waals surface area contributed by atoms with E-state index in [2.05, 4.69) is 5.32 Å². The van der Waals surface area contributed by atoms with E-state index >= 15 is 0 Å². The van der Waals surface area contributed by atoms with Crippen LogP contribution in [0.2, 0.25) is 0 Å². The molecule has 0 unspecified atom stereocenters. The molecule has 1 N–H and O–H groups in total. The van der Waals surface area contributed by atoms with Crippen molar-refractivity contribution in [1.29, 1.82) is 0 Å². The van der Waals surface area contributed by atoms with Crippen LogP contribution in [-0.2, 0) is 16.0 Å². The van der Waals surface area contributed by atoms with Gasteiger partial charge in [-0.3, -0.25) is 14.9 Å². The summed E-state index contributed by atoms with van der Waals surface area (Å²) < 4.78 is 13.4. The minimum absolute atomic E-state index is 0.123. The highest BCUT2D eigenvalue weighted by Gasteiger charge is 2.37. The van der Waals surface area contributed by atoms with Crippen molar-refractivity contribution < 1.29 is 18.8 Å². The topological polar surface area (TPSA) is 66.5 Å². The van der Waals surface area contributed by atoms with Gasteiger partial charge >= 0.3 is 6.03 Å². The first-order valence-corrected chi connectivity index (χ1v) is 10.1. The van der Waals surface area contributed by atoms with E-state index in [4.69, 9.17) is 0 Å². The molecule has 0 atom stereocenters. The van der Waals surface area contributed by atoms with Gasteiger partial charge in [0.1, 0.15) is 11.4 Å². The Bertz CT molecular complexity index is 1260. The van der Waals surface area contributed by atoms with Crippen LogP contribution in [0, 0.1) is 19.7 Å². The zero-order valence-electron chi connectivity index (χ0n) is 17.7. The van der Waals surface area contributed by atoms with Gasteiger partial charge < -0.3 is 0 Å². The third-order valence-electron chi connectivity index (χ3n) is 5.28. The monoisotopic (exact) mass is 428 g/mol. The molecule has 4 rings (SSSR count). The highest BCUT2D eigenvalue weighted by Crippen LogP contribution is 2.26. The van der Waals surface area contributed by atoms with E-state index in [0.29, 0.717) is 17.7 Å². The fourth-order valence-electron chi connectivity index (χ4n) is 3.71. The smallest absolute Gasteiger partial charge is 0.273 e. The number of urea groups is 1. The first-order chi connectivity index (χ1) is 15.3. The SMILES string of the molecule is Cc1ccc(N2C(=O)NC(=O)/C(=C\c3ccc(Cc4cccc(F)c4)cc3)C2=O)c(C)c1. The molecule has 1 aliphatic heterocycles. The zero-order valence-corrected chi connectivity index (χ0v) is 17.7. The maximum atomic E-state index is 13.4. The number of carbonyl (C=O) groups is 3. The van der Waals surface area contributed by atoms with Crippen molar-refractivity contribution in [2.45, 2.75) is 20.3 Å². The van der Waals surface area contributed by atoms with Crippen LogP contribution in [-0.4, -0.2) is 17.8 Å². The van der Waals surface area contributed by atoms with Crippen molar-refractivity contribution in [3.63, 3.8) is 0 Å². The number of amides is 4. The van der Waals surface area contributed by atoms with Gasteiger partial charge in [0.15, 0.2) is 0 Å². The van der Waals surface area contributed by atoms with Gasteiger partial charge in [0, 0.05) is 0 Å². The molecule has 0 aliphatic carbocycles. The number of carbonyl (C=O) groups excluding carboxylic acids is 3. The Labute approximate surface area is 185 Å². The highest BCUT2D eigenvalue weighted by atomic mass is 19.1. The molecule has 5 nitrogen and oxygen atoms in total. The molecule has 160 valence electrons. The van der Waals surface area contributed by atoms with Crippen molar-refractivity contribution in [3.8, 4) is 0 Å². The van der Waals surface area contributed by atoms with Gasteiger partial charge in [-0.1, -0.05) is 54.1 Å². The lowest BCUT2D eigenvalue weighted by Crippen LogP contribution is -2.54. The van der Waals surface area contributed by atoms with Crippen LogP contribution in [0.1, 0.15) is 27.8 Å². The van der Waals surface area contributed by atoms with Crippen LogP contribution in [0.15, 0.2) is 72.3 Å². The average molecular weight is 428 g/mol. The molecule has 0 radical (unpaired) electrons. The summed E-state index contributed by atoms with van der Waals surface area (Å²) in [4.78, 5) is 38.9. The van der Waals surface area contributed by atoms with Crippen LogP contribution in [0.25, 0.3) is 6.08 Å². The molecule has 0 spiro atoms. The van der Waals surface area contributed by atoms with E-state index in [-0.39, 0.29) is 11.4 Å². The van der Waals surface area contributed by atoms with Crippen LogP contribution >= 0.6 is 0 Å². The summed E-state index contributed by atoms with van der Waals surface area (Å²) in [5.41, 5.74) is 4.51. The van der Waals surface area contributed by atoms with E-state index in [9.17, 15) is 18.8 Å². The Hall–Kier alpha value is -4.06. The lowest BCUT2D eigenvalue weighted by Gasteiger charge is -2.27. The normalized spacial score (nSPS) is 15.3. The Morgan fingerprint density at radius 2 is 1.66 bits per heavy atom. The van der Waals surface area contributed by atoms with Crippen LogP contribution in [0.3, 0.4) is 0 Å². The molecule has 6 heteroatoms. The molecule has 0 bridgehead atoms. The fraction of sp³-hybridized carbons (Fsp3) is 0.115. The number of nitrogens with zero attached hydrogens (tertiary/aromatic N) is 1. The van der Waals surface area contributed by atoms with Crippen molar-refractivity contribution in [1.82, 2.24) is 5.32 Å². The molecule has 1 heterocycles. The molecular formula is C26H21FN2O3. The van der Waals surface area contributed by atoms with E-state index in [1.54, 1.807) is 37.3 Å². The molecule has 1 aliphatic rings. The summed E-state index contributed by atoms with van der Waals surface area (Å²) in [6, 6.07) is 18.3. The number of rotatable bonds is 4. The van der Waals surface area contributed by atoms with Gasteiger partial charge in [-0.25, -0.2) is 14.1 Å². The minimum atomic E-state index is -0.769. The van der Waals surface area contributed by atoms with E-state index in [0.717, 1.165) is 27.2 Å². The van der Waals surface area contributed by atoms with Gasteiger partial charge in [-0.15, -0.1) is 0 Å². The minimum Gasteiger partial charge on any atom is -0.273 e. The summed E-state index contributed by atoms with van der Waals surface area (Å²) in [5, 5.41) is 2.24. The maximum Gasteiger partial charge on any atom is 0.335 e. The molecule has 3 aromatic rings. The van der Waals surface area contributed by atoms with Crippen molar-refractivity contribution in [3.05, 3.63) is 106 Å². The molecule has 0 saturated carbocycles. The van der Waals surface area contributed by atoms with E-state index < -0.39 is 17.8 Å². The average Bonchev–Trinajstić information content (AvgIpc) is 2.74. The molecular weight excluding hydrogens is 407 g/mol. The number of halogens is 1. The third-order valence-corrected chi connectivity index (χ3v) is 5.28. The van der Waals surface area contributed by atoms with Gasteiger partial charge in [-0.05, 0) is 66.8 Å². The first kappa shape index (κ1) is 21.2. The second kappa shape index (κ2) is 8.59. The lowest BCUT2D eigenvalue weighted by molar-refractivity contribution is -0.122. The first-order valence-electron chi connectivity index (χ1n) is 10.1. The number of anilines is 1. The number of hydrogen-bond acceptors (Lipinski definition) is 3. The summed E-state index contributed by atoms with van der Waals surface area (Å²) in [5.74, 6) is -1.69. The zero-order chi connectivity index (χ0) is 22.8. The summed E-state index contributed by atoms with van der Waals surface area (Å²) >= 11 is 0. The molecule has 4 amide bonds. The van der Waals surface area contributed by atoms with Gasteiger partial charge in [0.05, 0.1) is 5.69 Å². The predicted octanol–water partition coefficient (Wildman–Crippen LogP) is 4.70. The van der Waals surface area contributed by atoms with Crippen LogP contribution in [0.4, 0.5) is 14.9 Å². The van der Waals surface area contributed by atoms with Crippen LogP contribution in [0.5, 0.6) is 0 Å². The van der Waals surface area contributed by atoms with Crippen molar-refractivity contribution >= 4 is 29.6 Å². The number of imide groups is 2. The lowest BCUT2D eigenvalue weighted by atomic mass is 10.0.